The first kappa shape index (κ1) is 41.7. The van der Waals surface area contributed by atoms with Gasteiger partial charge in [-0.15, -0.1) is 0 Å². The van der Waals surface area contributed by atoms with Gasteiger partial charge >= 0.3 is 30.5 Å². The molecule has 3 heterocycles. The highest BCUT2D eigenvalue weighted by atomic mass is 19.3. The Labute approximate surface area is 321 Å². The Morgan fingerprint density at radius 2 is 1.46 bits per heavy atom. The summed E-state index contributed by atoms with van der Waals surface area (Å²) >= 11 is 0. The number of pyridine rings is 2. The number of carbonyl (C=O) groups is 4. The molecular formula is C39H44F2N2O13. The highest BCUT2D eigenvalue weighted by molar-refractivity contribution is 5.68. The van der Waals surface area contributed by atoms with Crippen molar-refractivity contribution in [2.24, 2.45) is 0 Å². The van der Waals surface area contributed by atoms with Crippen LogP contribution in [-0.4, -0.2) is 89.0 Å². The number of alkyl halides is 2. The lowest BCUT2D eigenvalue weighted by Crippen LogP contribution is -2.63. The van der Waals surface area contributed by atoms with E-state index in [1.54, 1.807) is 44.3 Å². The van der Waals surface area contributed by atoms with Gasteiger partial charge in [-0.3, -0.25) is 24.2 Å². The molecular weight excluding hydrogens is 742 g/mol. The summed E-state index contributed by atoms with van der Waals surface area (Å²) in [5.74, 6) is -3.33. The van der Waals surface area contributed by atoms with Crippen LogP contribution in [0, 0.1) is 0 Å². The second-order valence-corrected chi connectivity index (χ2v) is 13.9. The van der Waals surface area contributed by atoms with E-state index in [1.165, 1.54) is 18.3 Å². The largest absolute Gasteiger partial charge is 0.487 e. The van der Waals surface area contributed by atoms with Gasteiger partial charge in [-0.2, -0.15) is 8.78 Å². The van der Waals surface area contributed by atoms with Crippen molar-refractivity contribution >= 4 is 23.9 Å². The summed E-state index contributed by atoms with van der Waals surface area (Å²) in [5.41, 5.74) is 1.41. The minimum Gasteiger partial charge on any atom is -0.487 e. The smallest absolute Gasteiger partial charge is 0.387 e. The maximum absolute atomic E-state index is 13.3. The number of carbonyl (C=O) groups excluding carboxylic acids is 4. The first-order valence-electron chi connectivity index (χ1n) is 17.8. The van der Waals surface area contributed by atoms with E-state index >= 15 is 0 Å². The van der Waals surface area contributed by atoms with Crippen LogP contribution in [0.4, 0.5) is 8.78 Å². The van der Waals surface area contributed by atoms with Crippen LogP contribution < -0.4 is 14.2 Å². The number of esters is 4. The van der Waals surface area contributed by atoms with E-state index in [1.807, 2.05) is 6.07 Å². The van der Waals surface area contributed by atoms with Gasteiger partial charge in [-0.05, 0) is 68.0 Å². The number of aromatic nitrogens is 2. The molecule has 0 bridgehead atoms. The first-order chi connectivity index (χ1) is 26.5. The van der Waals surface area contributed by atoms with Crippen molar-refractivity contribution in [1.29, 1.82) is 0 Å². The average Bonchev–Trinajstić information content (AvgIpc) is 3.93. The molecule has 2 fully saturated rings. The van der Waals surface area contributed by atoms with Crippen LogP contribution in [0.25, 0.3) is 0 Å². The second kappa shape index (κ2) is 18.0. The summed E-state index contributed by atoms with van der Waals surface area (Å²) in [6.45, 7) is 4.27. The molecule has 17 heteroatoms. The molecule has 3 aromatic rings. The lowest BCUT2D eigenvalue weighted by Gasteiger charge is -2.43. The van der Waals surface area contributed by atoms with E-state index in [-0.39, 0.29) is 23.5 Å². The topological polar surface area (TPSA) is 188 Å². The van der Waals surface area contributed by atoms with Crippen molar-refractivity contribution < 1.29 is 71.0 Å². The summed E-state index contributed by atoms with van der Waals surface area (Å²) in [7, 11) is 0. The number of halogens is 2. The van der Waals surface area contributed by atoms with Crippen molar-refractivity contribution in [1.82, 2.24) is 9.97 Å². The molecule has 1 aliphatic carbocycles. The van der Waals surface area contributed by atoms with Crippen LogP contribution in [0.15, 0.2) is 54.9 Å². The number of hydrogen-bond donors (Lipinski definition) is 1. The fourth-order valence-electron chi connectivity index (χ4n) is 6.03. The third-order valence-electron chi connectivity index (χ3n) is 8.64. The number of rotatable bonds is 16. The number of aliphatic hydroxyl groups is 1. The second-order valence-electron chi connectivity index (χ2n) is 13.9. The number of ether oxygens (including phenoxy) is 8. The molecule has 0 amide bonds. The number of benzene rings is 1. The Morgan fingerprint density at radius 1 is 0.804 bits per heavy atom. The first-order valence-corrected chi connectivity index (χ1v) is 17.8. The number of nitrogens with zero attached hydrogens (tertiary/aromatic N) is 2. The zero-order valence-corrected chi connectivity index (χ0v) is 31.6. The molecule has 5 rings (SSSR count). The average molecular weight is 787 g/mol. The Kier molecular flexibility index (Phi) is 13.4. The summed E-state index contributed by atoms with van der Waals surface area (Å²) in [4.78, 5) is 57.1. The van der Waals surface area contributed by atoms with Crippen molar-refractivity contribution in [3.63, 3.8) is 0 Å². The van der Waals surface area contributed by atoms with E-state index in [0.717, 1.165) is 46.1 Å². The van der Waals surface area contributed by atoms with E-state index in [4.69, 9.17) is 37.9 Å². The molecule has 2 aromatic heterocycles. The Bertz CT molecular complexity index is 1850. The van der Waals surface area contributed by atoms with Crippen LogP contribution in [0.5, 0.6) is 17.4 Å². The zero-order chi connectivity index (χ0) is 40.7. The predicted octanol–water partition coefficient (Wildman–Crippen LogP) is 4.68. The fraction of sp³-hybridized carbons (Fsp3) is 0.487. The van der Waals surface area contributed by atoms with E-state index in [0.29, 0.717) is 23.2 Å². The van der Waals surface area contributed by atoms with Crippen LogP contribution in [-0.2, 0) is 54.9 Å². The SMILES string of the molecule is CC(=O)OCC1O[C@@H](Oc2ccc(C[C@H](c3ccc(C(C)(C)O)nc3)c3ccc(OC(F)F)c(OC4CC4)c3)cn2)C(OC(C)=O)[C@H](OC(C)=O)[C@@H]1OC(C)=O. The van der Waals surface area contributed by atoms with Gasteiger partial charge in [0.25, 0.3) is 0 Å². The van der Waals surface area contributed by atoms with Gasteiger partial charge in [0.1, 0.15) is 18.3 Å². The monoisotopic (exact) mass is 786 g/mol. The van der Waals surface area contributed by atoms with Crippen molar-refractivity contribution in [2.75, 3.05) is 6.61 Å². The standard InChI is InChI=1S/C39H44F2N2O13/c1-20(44)49-19-31-34(50-21(2)45)35(51-22(3)46)36(52-23(4)47)37(54-31)56-33-14-7-24(17-43-33)15-28(26-9-13-32(42-18-26)39(5,6)48)25-8-12-29(55-38(40)41)30(16-25)53-27-10-11-27/h7-9,12-14,16-18,27-28,31,34-38,48H,10-11,15,19H2,1-6H3/t28-,31?,34+,35+,36?,37-/m0/s1. The molecule has 15 nitrogen and oxygen atoms in total. The highest BCUT2D eigenvalue weighted by Crippen LogP contribution is 2.39. The van der Waals surface area contributed by atoms with Gasteiger partial charge in [-0.1, -0.05) is 18.2 Å². The van der Waals surface area contributed by atoms with E-state index < -0.39 is 79.3 Å². The molecule has 1 aromatic carbocycles. The quantitative estimate of drug-likeness (QED) is 0.156. The molecule has 2 unspecified atom stereocenters. The van der Waals surface area contributed by atoms with Crippen molar-refractivity contribution in [3.05, 3.63) is 77.2 Å². The van der Waals surface area contributed by atoms with Gasteiger partial charge in [-0.25, -0.2) is 4.98 Å². The van der Waals surface area contributed by atoms with Crippen LogP contribution in [0.1, 0.15) is 82.7 Å². The van der Waals surface area contributed by atoms with Crippen molar-refractivity contribution in [3.8, 4) is 17.4 Å². The molecule has 1 aliphatic heterocycles. The molecule has 6 atom stereocenters. The summed E-state index contributed by atoms with van der Waals surface area (Å²) < 4.78 is 70.7. The highest BCUT2D eigenvalue weighted by Gasteiger charge is 2.53. The predicted molar refractivity (Wildman–Crippen MR) is 189 cm³/mol. The zero-order valence-electron chi connectivity index (χ0n) is 31.6. The normalized spacial score (nSPS) is 21.4. The minimum atomic E-state index is -3.05. The molecule has 0 spiro atoms. The van der Waals surface area contributed by atoms with Crippen LogP contribution in [0.3, 0.4) is 0 Å². The van der Waals surface area contributed by atoms with Crippen LogP contribution in [0.2, 0.25) is 0 Å². The third kappa shape index (κ3) is 11.6. The lowest BCUT2D eigenvalue weighted by atomic mass is 9.86. The molecule has 1 saturated carbocycles. The van der Waals surface area contributed by atoms with Gasteiger partial charge in [0.15, 0.2) is 23.7 Å². The van der Waals surface area contributed by atoms with Crippen molar-refractivity contribution in [2.45, 2.75) is 116 Å². The van der Waals surface area contributed by atoms with Gasteiger partial charge in [0.05, 0.1) is 11.8 Å². The Hall–Kier alpha value is -5.42. The maximum atomic E-state index is 13.3. The van der Waals surface area contributed by atoms with E-state index in [2.05, 4.69) is 9.97 Å². The van der Waals surface area contributed by atoms with Crippen LogP contribution >= 0.6 is 0 Å². The molecule has 2 aliphatic rings. The maximum Gasteiger partial charge on any atom is 0.387 e. The van der Waals surface area contributed by atoms with Gasteiger partial charge in [0.2, 0.25) is 18.3 Å². The summed E-state index contributed by atoms with van der Waals surface area (Å²) in [6.07, 6.45) is -1.96. The number of hydrogen-bond acceptors (Lipinski definition) is 15. The molecule has 0 radical (unpaired) electrons. The molecule has 1 saturated heterocycles. The van der Waals surface area contributed by atoms with E-state index in [9.17, 15) is 33.1 Å². The summed E-state index contributed by atoms with van der Waals surface area (Å²) in [5, 5.41) is 10.5. The van der Waals surface area contributed by atoms with Gasteiger partial charge < -0.3 is 43.0 Å². The summed E-state index contributed by atoms with van der Waals surface area (Å²) in [6, 6.07) is 11.5. The Balaban J connectivity index is 1.45. The minimum absolute atomic E-state index is 0.00369. The Morgan fingerprint density at radius 3 is 2.02 bits per heavy atom. The molecule has 302 valence electrons. The third-order valence-corrected chi connectivity index (χ3v) is 8.64. The van der Waals surface area contributed by atoms with Gasteiger partial charge in [0, 0.05) is 52.1 Å². The lowest BCUT2D eigenvalue weighted by molar-refractivity contribution is -0.289. The molecule has 56 heavy (non-hydrogen) atoms. The molecule has 1 N–H and O–H groups in total. The fourth-order valence-corrected chi connectivity index (χ4v) is 6.03.